The molecular formula is C16H22IN3O. The van der Waals surface area contributed by atoms with Crippen molar-refractivity contribution >= 4 is 22.6 Å². The SMILES string of the molecule is Cc1nn(C)c(Oc2cccc(I)c2)c1CNCC(C)C. The number of halogens is 1. The summed E-state index contributed by atoms with van der Waals surface area (Å²) in [4.78, 5) is 0. The third-order valence-electron chi connectivity index (χ3n) is 3.15. The Kier molecular flexibility index (Phi) is 5.64. The maximum atomic E-state index is 6.06. The molecule has 1 N–H and O–H groups in total. The molecule has 114 valence electrons. The normalized spacial score (nSPS) is 11.1. The smallest absolute Gasteiger partial charge is 0.222 e. The van der Waals surface area contributed by atoms with Crippen LogP contribution in [0.25, 0.3) is 0 Å². The third kappa shape index (κ3) is 4.44. The molecule has 1 aromatic heterocycles. The number of aromatic nitrogens is 2. The molecule has 0 unspecified atom stereocenters. The molecule has 1 aromatic carbocycles. The highest BCUT2D eigenvalue weighted by Crippen LogP contribution is 2.28. The van der Waals surface area contributed by atoms with Crippen molar-refractivity contribution in [1.82, 2.24) is 15.1 Å². The van der Waals surface area contributed by atoms with E-state index >= 15 is 0 Å². The minimum atomic E-state index is 0.627. The van der Waals surface area contributed by atoms with Gasteiger partial charge in [-0.2, -0.15) is 5.10 Å². The summed E-state index contributed by atoms with van der Waals surface area (Å²) in [5, 5.41) is 7.94. The molecule has 0 radical (unpaired) electrons. The van der Waals surface area contributed by atoms with Crippen LogP contribution in [0, 0.1) is 16.4 Å². The Hall–Kier alpha value is -1.08. The summed E-state index contributed by atoms with van der Waals surface area (Å²) in [6.45, 7) is 8.18. The van der Waals surface area contributed by atoms with Crippen LogP contribution in [0.4, 0.5) is 0 Å². The molecule has 0 spiro atoms. The van der Waals surface area contributed by atoms with Gasteiger partial charge in [0.2, 0.25) is 5.88 Å². The summed E-state index contributed by atoms with van der Waals surface area (Å²) in [5.41, 5.74) is 2.13. The standard InChI is InChI=1S/C16H22IN3O/c1-11(2)9-18-10-15-12(3)19-20(4)16(15)21-14-7-5-6-13(17)8-14/h5-8,11,18H,9-10H2,1-4H3. The maximum absolute atomic E-state index is 6.06. The van der Waals surface area contributed by atoms with Crippen LogP contribution < -0.4 is 10.1 Å². The highest BCUT2D eigenvalue weighted by molar-refractivity contribution is 14.1. The molecule has 0 aliphatic carbocycles. The minimum absolute atomic E-state index is 0.627. The predicted octanol–water partition coefficient (Wildman–Crippen LogP) is 3.87. The van der Waals surface area contributed by atoms with Gasteiger partial charge in [-0.05, 0) is 60.2 Å². The second kappa shape index (κ2) is 7.26. The van der Waals surface area contributed by atoms with Crippen molar-refractivity contribution in [3.8, 4) is 11.6 Å². The van der Waals surface area contributed by atoms with Gasteiger partial charge < -0.3 is 10.1 Å². The van der Waals surface area contributed by atoms with Crippen molar-refractivity contribution in [2.45, 2.75) is 27.3 Å². The second-order valence-electron chi connectivity index (χ2n) is 5.58. The Morgan fingerprint density at radius 2 is 2.14 bits per heavy atom. The lowest BCUT2D eigenvalue weighted by atomic mass is 10.2. The zero-order chi connectivity index (χ0) is 15.4. The van der Waals surface area contributed by atoms with Crippen molar-refractivity contribution in [3.05, 3.63) is 39.1 Å². The van der Waals surface area contributed by atoms with E-state index in [2.05, 4.69) is 46.9 Å². The van der Waals surface area contributed by atoms with Gasteiger partial charge in [-0.25, -0.2) is 4.68 Å². The van der Waals surface area contributed by atoms with E-state index < -0.39 is 0 Å². The topological polar surface area (TPSA) is 39.1 Å². The van der Waals surface area contributed by atoms with Crippen LogP contribution in [-0.4, -0.2) is 16.3 Å². The van der Waals surface area contributed by atoms with E-state index in [1.807, 2.05) is 42.9 Å². The Bertz CT molecular complexity index is 608. The molecule has 1 heterocycles. The zero-order valence-electron chi connectivity index (χ0n) is 13.0. The van der Waals surface area contributed by atoms with E-state index in [0.717, 1.165) is 39.5 Å². The zero-order valence-corrected chi connectivity index (χ0v) is 15.1. The maximum Gasteiger partial charge on any atom is 0.222 e. The van der Waals surface area contributed by atoms with Crippen LogP contribution in [0.15, 0.2) is 24.3 Å². The number of rotatable bonds is 6. The fourth-order valence-corrected chi connectivity index (χ4v) is 2.65. The van der Waals surface area contributed by atoms with Gasteiger partial charge in [0.25, 0.3) is 0 Å². The predicted molar refractivity (Wildman–Crippen MR) is 93.7 cm³/mol. The summed E-state index contributed by atoms with van der Waals surface area (Å²) in [7, 11) is 1.92. The highest BCUT2D eigenvalue weighted by atomic mass is 127. The summed E-state index contributed by atoms with van der Waals surface area (Å²) in [5.74, 6) is 2.28. The fraction of sp³-hybridized carbons (Fsp3) is 0.438. The van der Waals surface area contributed by atoms with Gasteiger partial charge in [-0.1, -0.05) is 19.9 Å². The van der Waals surface area contributed by atoms with E-state index in [9.17, 15) is 0 Å². The molecule has 5 heteroatoms. The number of ether oxygens (including phenoxy) is 1. The number of nitrogens with zero attached hydrogens (tertiary/aromatic N) is 2. The van der Waals surface area contributed by atoms with Crippen molar-refractivity contribution in [2.24, 2.45) is 13.0 Å². The molecule has 0 saturated carbocycles. The van der Waals surface area contributed by atoms with Gasteiger partial charge in [0.15, 0.2) is 0 Å². The molecule has 4 nitrogen and oxygen atoms in total. The molecule has 2 aromatic rings. The third-order valence-corrected chi connectivity index (χ3v) is 3.82. The summed E-state index contributed by atoms with van der Waals surface area (Å²) in [6, 6.07) is 8.04. The molecule has 2 rings (SSSR count). The van der Waals surface area contributed by atoms with Gasteiger partial charge in [-0.3, -0.25) is 0 Å². The first-order chi connectivity index (χ1) is 9.97. The van der Waals surface area contributed by atoms with Gasteiger partial charge in [0, 0.05) is 17.2 Å². The fourth-order valence-electron chi connectivity index (χ4n) is 2.14. The number of benzene rings is 1. The van der Waals surface area contributed by atoms with Gasteiger partial charge in [0.05, 0.1) is 11.3 Å². The summed E-state index contributed by atoms with van der Waals surface area (Å²) in [6.07, 6.45) is 0. The van der Waals surface area contributed by atoms with Crippen molar-refractivity contribution in [2.75, 3.05) is 6.54 Å². The van der Waals surface area contributed by atoms with Gasteiger partial charge in [0.1, 0.15) is 5.75 Å². The van der Waals surface area contributed by atoms with Crippen LogP contribution in [0.3, 0.4) is 0 Å². The monoisotopic (exact) mass is 399 g/mol. The van der Waals surface area contributed by atoms with E-state index in [-0.39, 0.29) is 0 Å². The van der Waals surface area contributed by atoms with Crippen LogP contribution in [-0.2, 0) is 13.6 Å². The Labute approximate surface area is 140 Å². The van der Waals surface area contributed by atoms with E-state index in [4.69, 9.17) is 4.74 Å². The molecule has 0 bridgehead atoms. The first-order valence-corrected chi connectivity index (χ1v) is 8.22. The van der Waals surface area contributed by atoms with Crippen molar-refractivity contribution in [3.63, 3.8) is 0 Å². The molecule has 0 atom stereocenters. The Balaban J connectivity index is 2.18. The molecule has 0 saturated heterocycles. The van der Waals surface area contributed by atoms with Crippen LogP contribution in [0.2, 0.25) is 0 Å². The number of aryl methyl sites for hydroxylation is 2. The van der Waals surface area contributed by atoms with Crippen LogP contribution in [0.1, 0.15) is 25.1 Å². The average Bonchev–Trinajstić information content (AvgIpc) is 2.65. The molecule has 21 heavy (non-hydrogen) atoms. The lowest BCUT2D eigenvalue weighted by Crippen LogP contribution is -2.19. The Morgan fingerprint density at radius 3 is 2.81 bits per heavy atom. The number of hydrogen-bond acceptors (Lipinski definition) is 3. The van der Waals surface area contributed by atoms with Crippen LogP contribution in [0.5, 0.6) is 11.6 Å². The van der Waals surface area contributed by atoms with E-state index in [0.29, 0.717) is 5.92 Å². The lowest BCUT2D eigenvalue weighted by molar-refractivity contribution is 0.422. The van der Waals surface area contributed by atoms with Gasteiger partial charge >= 0.3 is 0 Å². The Morgan fingerprint density at radius 1 is 1.38 bits per heavy atom. The molecule has 0 aliphatic rings. The molecule has 0 amide bonds. The second-order valence-corrected chi connectivity index (χ2v) is 6.82. The quantitative estimate of drug-likeness (QED) is 0.750. The summed E-state index contributed by atoms with van der Waals surface area (Å²) >= 11 is 2.29. The summed E-state index contributed by atoms with van der Waals surface area (Å²) < 4.78 is 9.02. The number of hydrogen-bond donors (Lipinski definition) is 1. The number of nitrogens with one attached hydrogen (secondary N) is 1. The first-order valence-electron chi connectivity index (χ1n) is 7.14. The van der Waals surface area contributed by atoms with Crippen molar-refractivity contribution < 1.29 is 4.74 Å². The molecular weight excluding hydrogens is 377 g/mol. The largest absolute Gasteiger partial charge is 0.439 e. The first kappa shape index (κ1) is 16.3. The van der Waals surface area contributed by atoms with Crippen molar-refractivity contribution in [1.29, 1.82) is 0 Å². The van der Waals surface area contributed by atoms with E-state index in [1.165, 1.54) is 0 Å². The highest BCUT2D eigenvalue weighted by Gasteiger charge is 2.15. The minimum Gasteiger partial charge on any atom is -0.439 e. The lowest BCUT2D eigenvalue weighted by Gasteiger charge is -2.11. The molecule has 0 fully saturated rings. The van der Waals surface area contributed by atoms with Crippen LogP contribution >= 0.6 is 22.6 Å². The average molecular weight is 399 g/mol. The van der Waals surface area contributed by atoms with E-state index in [1.54, 1.807) is 0 Å². The molecule has 0 aliphatic heterocycles. The van der Waals surface area contributed by atoms with Gasteiger partial charge in [-0.15, -0.1) is 0 Å².